The van der Waals surface area contributed by atoms with Gasteiger partial charge < -0.3 is 21.1 Å². The van der Waals surface area contributed by atoms with E-state index in [0.717, 1.165) is 23.4 Å². The van der Waals surface area contributed by atoms with Crippen molar-refractivity contribution in [1.29, 1.82) is 0 Å². The standard InChI is InChI=1S/C14H21N3O2/c1-10-5-11(2)7-12(6-10)17-13(18)16-9-14(19)3-4-15-8-14/h5-7,15,19H,3-4,8-9H2,1-2H3,(H2,16,17,18)/t14-/m1/s1. The third-order valence-corrected chi connectivity index (χ3v) is 3.28. The summed E-state index contributed by atoms with van der Waals surface area (Å²) in [5.74, 6) is 0. The second-order valence-electron chi connectivity index (χ2n) is 5.34. The third-order valence-electron chi connectivity index (χ3n) is 3.28. The summed E-state index contributed by atoms with van der Waals surface area (Å²) in [6.45, 7) is 5.55. The van der Waals surface area contributed by atoms with Crippen molar-refractivity contribution in [3.63, 3.8) is 0 Å². The first kappa shape index (κ1) is 13.8. The van der Waals surface area contributed by atoms with E-state index in [1.807, 2.05) is 26.0 Å². The molecule has 4 N–H and O–H groups in total. The van der Waals surface area contributed by atoms with Crippen molar-refractivity contribution in [3.05, 3.63) is 29.3 Å². The van der Waals surface area contributed by atoms with Crippen molar-refractivity contribution < 1.29 is 9.90 Å². The van der Waals surface area contributed by atoms with Crippen molar-refractivity contribution in [1.82, 2.24) is 10.6 Å². The summed E-state index contributed by atoms with van der Waals surface area (Å²) in [5, 5.41) is 18.7. The van der Waals surface area contributed by atoms with E-state index in [1.54, 1.807) is 0 Å². The fraction of sp³-hybridized carbons (Fsp3) is 0.500. The molecule has 1 fully saturated rings. The lowest BCUT2D eigenvalue weighted by atomic mass is 10.0. The van der Waals surface area contributed by atoms with Gasteiger partial charge in [0.25, 0.3) is 0 Å². The average molecular weight is 263 g/mol. The summed E-state index contributed by atoms with van der Waals surface area (Å²) in [5.41, 5.74) is 2.16. The number of aryl methyl sites for hydroxylation is 2. The van der Waals surface area contributed by atoms with Gasteiger partial charge in [-0.15, -0.1) is 0 Å². The summed E-state index contributed by atoms with van der Waals surface area (Å²) >= 11 is 0. The van der Waals surface area contributed by atoms with E-state index in [2.05, 4.69) is 22.0 Å². The van der Waals surface area contributed by atoms with Crippen LogP contribution in [0.25, 0.3) is 0 Å². The van der Waals surface area contributed by atoms with Crippen LogP contribution in [0.2, 0.25) is 0 Å². The molecule has 0 radical (unpaired) electrons. The molecule has 1 saturated heterocycles. The smallest absolute Gasteiger partial charge is 0.319 e. The van der Waals surface area contributed by atoms with E-state index >= 15 is 0 Å². The van der Waals surface area contributed by atoms with Gasteiger partial charge in [0.05, 0.1) is 5.60 Å². The number of aliphatic hydroxyl groups is 1. The molecule has 0 aromatic heterocycles. The van der Waals surface area contributed by atoms with Crippen LogP contribution in [-0.4, -0.2) is 36.4 Å². The van der Waals surface area contributed by atoms with Gasteiger partial charge in [0.2, 0.25) is 0 Å². The lowest BCUT2D eigenvalue weighted by Crippen LogP contribution is -2.45. The van der Waals surface area contributed by atoms with Crippen LogP contribution in [0.15, 0.2) is 18.2 Å². The molecular formula is C14H21N3O2. The van der Waals surface area contributed by atoms with Crippen molar-refractivity contribution in [2.24, 2.45) is 0 Å². The Labute approximate surface area is 113 Å². The lowest BCUT2D eigenvalue weighted by molar-refractivity contribution is 0.0640. The summed E-state index contributed by atoms with van der Waals surface area (Å²) in [6, 6.07) is 5.60. The largest absolute Gasteiger partial charge is 0.387 e. The van der Waals surface area contributed by atoms with Gasteiger partial charge in [-0.3, -0.25) is 0 Å². The molecule has 1 aromatic carbocycles. The maximum Gasteiger partial charge on any atom is 0.319 e. The number of carbonyl (C=O) groups excluding carboxylic acids is 1. The molecule has 1 aromatic rings. The van der Waals surface area contributed by atoms with Crippen LogP contribution in [0.5, 0.6) is 0 Å². The van der Waals surface area contributed by atoms with Gasteiger partial charge >= 0.3 is 6.03 Å². The number of urea groups is 1. The lowest BCUT2D eigenvalue weighted by Gasteiger charge is -2.21. The second kappa shape index (κ2) is 5.59. The monoisotopic (exact) mass is 263 g/mol. The fourth-order valence-corrected chi connectivity index (χ4v) is 2.35. The number of nitrogens with one attached hydrogen (secondary N) is 3. The zero-order valence-electron chi connectivity index (χ0n) is 11.4. The molecular weight excluding hydrogens is 242 g/mol. The van der Waals surface area contributed by atoms with Crippen molar-refractivity contribution in [3.8, 4) is 0 Å². The maximum absolute atomic E-state index is 11.8. The Balaban J connectivity index is 1.87. The van der Waals surface area contributed by atoms with Crippen LogP contribution in [0.3, 0.4) is 0 Å². The molecule has 1 aliphatic heterocycles. The third kappa shape index (κ3) is 3.94. The SMILES string of the molecule is Cc1cc(C)cc(NC(=O)NC[C@@]2(O)CCNC2)c1. The molecule has 0 unspecified atom stereocenters. The first-order valence-electron chi connectivity index (χ1n) is 6.53. The van der Waals surface area contributed by atoms with E-state index in [4.69, 9.17) is 0 Å². The molecule has 2 amide bonds. The highest BCUT2D eigenvalue weighted by Gasteiger charge is 2.31. The summed E-state index contributed by atoms with van der Waals surface area (Å²) < 4.78 is 0. The topological polar surface area (TPSA) is 73.4 Å². The van der Waals surface area contributed by atoms with E-state index < -0.39 is 5.60 Å². The number of anilines is 1. The number of carbonyl (C=O) groups is 1. The van der Waals surface area contributed by atoms with Gasteiger partial charge in [0.1, 0.15) is 0 Å². The molecule has 5 nitrogen and oxygen atoms in total. The summed E-state index contributed by atoms with van der Waals surface area (Å²) in [4.78, 5) is 11.8. The average Bonchev–Trinajstić information content (AvgIpc) is 2.73. The van der Waals surface area contributed by atoms with E-state index in [1.165, 1.54) is 0 Å². The van der Waals surface area contributed by atoms with Gasteiger partial charge in [-0.2, -0.15) is 0 Å². The van der Waals surface area contributed by atoms with Crippen molar-refractivity contribution in [2.45, 2.75) is 25.9 Å². The van der Waals surface area contributed by atoms with Crippen LogP contribution >= 0.6 is 0 Å². The maximum atomic E-state index is 11.8. The molecule has 19 heavy (non-hydrogen) atoms. The van der Waals surface area contributed by atoms with Crippen LogP contribution < -0.4 is 16.0 Å². The first-order chi connectivity index (χ1) is 8.97. The first-order valence-corrected chi connectivity index (χ1v) is 6.53. The molecule has 2 rings (SSSR count). The van der Waals surface area contributed by atoms with Crippen LogP contribution in [0.1, 0.15) is 17.5 Å². The quantitative estimate of drug-likeness (QED) is 0.661. The highest BCUT2D eigenvalue weighted by molar-refractivity contribution is 5.89. The number of amides is 2. The number of benzene rings is 1. The molecule has 0 bridgehead atoms. The molecule has 0 saturated carbocycles. The molecule has 0 spiro atoms. The Morgan fingerprint density at radius 3 is 2.63 bits per heavy atom. The Morgan fingerprint density at radius 1 is 1.37 bits per heavy atom. The number of rotatable bonds is 3. The molecule has 1 atom stereocenters. The predicted molar refractivity (Wildman–Crippen MR) is 75.4 cm³/mol. The zero-order valence-corrected chi connectivity index (χ0v) is 11.4. The minimum atomic E-state index is -0.820. The minimum Gasteiger partial charge on any atom is -0.387 e. The van der Waals surface area contributed by atoms with Gasteiger partial charge in [0.15, 0.2) is 0 Å². The predicted octanol–water partition coefficient (Wildman–Crippen LogP) is 1.15. The number of hydrogen-bond acceptors (Lipinski definition) is 3. The molecule has 0 aliphatic carbocycles. The molecule has 1 aliphatic rings. The fourth-order valence-electron chi connectivity index (χ4n) is 2.35. The van der Waals surface area contributed by atoms with Gasteiger partial charge in [-0.25, -0.2) is 4.79 Å². The van der Waals surface area contributed by atoms with Crippen molar-refractivity contribution >= 4 is 11.7 Å². The molecule has 104 valence electrons. The molecule has 1 heterocycles. The van der Waals surface area contributed by atoms with E-state index in [9.17, 15) is 9.90 Å². The minimum absolute atomic E-state index is 0.261. The second-order valence-corrected chi connectivity index (χ2v) is 5.34. The number of hydrogen-bond donors (Lipinski definition) is 4. The Morgan fingerprint density at radius 2 is 2.05 bits per heavy atom. The van der Waals surface area contributed by atoms with Crippen LogP contribution in [0.4, 0.5) is 10.5 Å². The van der Waals surface area contributed by atoms with Gasteiger partial charge in [-0.05, 0) is 50.1 Å². The zero-order chi connectivity index (χ0) is 13.9. The Bertz CT molecular complexity index is 448. The highest BCUT2D eigenvalue weighted by Crippen LogP contribution is 2.14. The van der Waals surface area contributed by atoms with Crippen molar-refractivity contribution in [2.75, 3.05) is 25.0 Å². The Hall–Kier alpha value is -1.59. The summed E-state index contributed by atoms with van der Waals surface area (Å²) in [7, 11) is 0. The molecule has 5 heteroatoms. The number of β-amino-alcohol motifs (C(OH)–C–C–N with tert-alkyl or cyclic N) is 1. The normalized spacial score (nSPS) is 22.3. The van der Waals surface area contributed by atoms with Gasteiger partial charge in [-0.1, -0.05) is 6.07 Å². The summed E-state index contributed by atoms with van der Waals surface area (Å²) in [6.07, 6.45) is 0.664. The van der Waals surface area contributed by atoms with E-state index in [-0.39, 0.29) is 12.6 Å². The van der Waals surface area contributed by atoms with Crippen LogP contribution in [0, 0.1) is 13.8 Å². The van der Waals surface area contributed by atoms with Gasteiger partial charge in [0, 0.05) is 18.8 Å². The Kier molecular flexibility index (Phi) is 4.07. The highest BCUT2D eigenvalue weighted by atomic mass is 16.3. The van der Waals surface area contributed by atoms with Crippen LogP contribution in [-0.2, 0) is 0 Å². The van der Waals surface area contributed by atoms with E-state index in [0.29, 0.717) is 13.0 Å².